The van der Waals surface area contributed by atoms with Crippen molar-refractivity contribution in [3.8, 4) is 0 Å². The summed E-state index contributed by atoms with van der Waals surface area (Å²) in [4.78, 5) is 13.7. The van der Waals surface area contributed by atoms with Crippen LogP contribution in [0.4, 0.5) is 4.79 Å². The Morgan fingerprint density at radius 3 is 2.67 bits per heavy atom. The minimum absolute atomic E-state index is 0.160. The quantitative estimate of drug-likeness (QED) is 0.744. The number of nitrogens with zero attached hydrogens (tertiary/aromatic N) is 1. The molecule has 86 valence electrons. The summed E-state index contributed by atoms with van der Waals surface area (Å²) in [6, 6.07) is 0.661. The normalized spacial score (nSPS) is 32.2. The van der Waals surface area contributed by atoms with Gasteiger partial charge in [-0.2, -0.15) is 0 Å². The molecule has 2 rings (SSSR count). The van der Waals surface area contributed by atoms with Crippen molar-refractivity contribution in [2.75, 3.05) is 13.1 Å². The third kappa shape index (κ3) is 2.11. The van der Waals surface area contributed by atoms with Crippen LogP contribution in [0, 0.1) is 11.8 Å². The van der Waals surface area contributed by atoms with Crippen LogP contribution in [-0.4, -0.2) is 30.1 Å². The highest BCUT2D eigenvalue weighted by molar-refractivity contribution is 5.76. The molecule has 2 fully saturated rings. The molecule has 3 nitrogen and oxygen atoms in total. The summed E-state index contributed by atoms with van der Waals surface area (Å²) in [6.45, 7) is 6.32. The molecule has 1 saturated carbocycles. The molecule has 1 heterocycles. The van der Waals surface area contributed by atoms with Crippen molar-refractivity contribution in [2.45, 2.75) is 45.6 Å². The van der Waals surface area contributed by atoms with E-state index < -0.39 is 0 Å². The zero-order valence-corrected chi connectivity index (χ0v) is 9.83. The van der Waals surface area contributed by atoms with E-state index in [1.165, 1.54) is 25.7 Å². The topological polar surface area (TPSA) is 32.3 Å². The first kappa shape index (κ1) is 10.8. The number of rotatable bonds is 2. The zero-order chi connectivity index (χ0) is 10.8. The number of amides is 2. The SMILES string of the molecule is CC(C)C1CCCCC1N1CCNC1=O. The van der Waals surface area contributed by atoms with Crippen LogP contribution < -0.4 is 5.32 Å². The Morgan fingerprint density at radius 1 is 1.33 bits per heavy atom. The van der Waals surface area contributed by atoms with Gasteiger partial charge in [-0.25, -0.2) is 4.79 Å². The molecule has 2 aliphatic rings. The molecule has 0 spiro atoms. The highest BCUT2D eigenvalue weighted by atomic mass is 16.2. The number of carbonyl (C=O) groups excluding carboxylic acids is 1. The average Bonchev–Trinajstić information content (AvgIpc) is 2.64. The van der Waals surface area contributed by atoms with E-state index in [9.17, 15) is 4.79 Å². The lowest BCUT2D eigenvalue weighted by atomic mass is 9.77. The summed E-state index contributed by atoms with van der Waals surface area (Å²) < 4.78 is 0. The second-order valence-corrected chi connectivity index (χ2v) is 5.18. The highest BCUT2D eigenvalue weighted by Crippen LogP contribution is 2.34. The van der Waals surface area contributed by atoms with Crippen molar-refractivity contribution >= 4 is 6.03 Å². The van der Waals surface area contributed by atoms with Gasteiger partial charge in [0.05, 0.1) is 0 Å². The van der Waals surface area contributed by atoms with Gasteiger partial charge in [0.2, 0.25) is 0 Å². The predicted molar refractivity (Wildman–Crippen MR) is 60.7 cm³/mol. The van der Waals surface area contributed by atoms with Gasteiger partial charge < -0.3 is 10.2 Å². The number of hydrogen-bond donors (Lipinski definition) is 1. The second kappa shape index (κ2) is 4.42. The van der Waals surface area contributed by atoms with Crippen molar-refractivity contribution in [1.82, 2.24) is 10.2 Å². The van der Waals surface area contributed by atoms with E-state index in [0.29, 0.717) is 17.9 Å². The molecular weight excluding hydrogens is 188 g/mol. The maximum atomic E-state index is 11.7. The summed E-state index contributed by atoms with van der Waals surface area (Å²) in [6.07, 6.45) is 5.13. The Bertz CT molecular complexity index is 240. The standard InChI is InChI=1S/C12H22N2O/c1-9(2)10-5-3-4-6-11(10)14-8-7-13-12(14)15/h9-11H,3-8H2,1-2H3,(H,13,15). The van der Waals surface area contributed by atoms with Gasteiger partial charge in [0.1, 0.15) is 0 Å². The smallest absolute Gasteiger partial charge is 0.317 e. The predicted octanol–water partition coefficient (Wildman–Crippen LogP) is 2.23. The van der Waals surface area contributed by atoms with E-state index in [4.69, 9.17) is 0 Å². The van der Waals surface area contributed by atoms with Crippen LogP contribution in [0.1, 0.15) is 39.5 Å². The van der Waals surface area contributed by atoms with Gasteiger partial charge in [-0.05, 0) is 24.7 Å². The zero-order valence-electron chi connectivity index (χ0n) is 9.83. The van der Waals surface area contributed by atoms with Gasteiger partial charge in [0.15, 0.2) is 0 Å². The molecule has 1 aliphatic heterocycles. The van der Waals surface area contributed by atoms with Gasteiger partial charge in [-0.3, -0.25) is 0 Å². The van der Waals surface area contributed by atoms with Gasteiger partial charge in [-0.15, -0.1) is 0 Å². The fraction of sp³-hybridized carbons (Fsp3) is 0.917. The molecule has 2 amide bonds. The lowest BCUT2D eigenvalue weighted by Crippen LogP contribution is -2.45. The van der Waals surface area contributed by atoms with Crippen LogP contribution in [0.3, 0.4) is 0 Å². The molecule has 1 saturated heterocycles. The van der Waals surface area contributed by atoms with Crippen LogP contribution in [0.25, 0.3) is 0 Å². The van der Waals surface area contributed by atoms with E-state index >= 15 is 0 Å². The maximum absolute atomic E-state index is 11.7. The minimum atomic E-state index is 0.160. The van der Waals surface area contributed by atoms with Gasteiger partial charge in [-0.1, -0.05) is 26.7 Å². The Kier molecular flexibility index (Phi) is 3.17. The van der Waals surface area contributed by atoms with Crippen molar-refractivity contribution in [2.24, 2.45) is 11.8 Å². The average molecular weight is 210 g/mol. The third-order valence-electron chi connectivity index (χ3n) is 3.93. The Balaban J connectivity index is 2.06. The molecule has 1 N–H and O–H groups in total. The lowest BCUT2D eigenvalue weighted by Gasteiger charge is -2.39. The summed E-state index contributed by atoms with van der Waals surface area (Å²) in [5, 5.41) is 2.91. The fourth-order valence-electron chi connectivity index (χ4n) is 3.11. The molecule has 0 aromatic rings. The van der Waals surface area contributed by atoms with Crippen molar-refractivity contribution < 1.29 is 4.79 Å². The monoisotopic (exact) mass is 210 g/mol. The van der Waals surface area contributed by atoms with E-state index in [2.05, 4.69) is 24.1 Å². The van der Waals surface area contributed by atoms with Crippen molar-refractivity contribution in [3.05, 3.63) is 0 Å². The van der Waals surface area contributed by atoms with E-state index in [-0.39, 0.29) is 6.03 Å². The molecule has 0 radical (unpaired) electrons. The number of carbonyl (C=O) groups is 1. The molecule has 0 aromatic heterocycles. The van der Waals surface area contributed by atoms with Crippen LogP contribution in [0.15, 0.2) is 0 Å². The number of hydrogen-bond acceptors (Lipinski definition) is 1. The Hall–Kier alpha value is -0.730. The Morgan fingerprint density at radius 2 is 2.07 bits per heavy atom. The van der Waals surface area contributed by atoms with Gasteiger partial charge in [0, 0.05) is 19.1 Å². The van der Waals surface area contributed by atoms with E-state index in [1.54, 1.807) is 0 Å². The lowest BCUT2D eigenvalue weighted by molar-refractivity contribution is 0.115. The van der Waals surface area contributed by atoms with Gasteiger partial charge >= 0.3 is 6.03 Å². The first-order valence-electron chi connectivity index (χ1n) is 6.24. The third-order valence-corrected chi connectivity index (χ3v) is 3.93. The number of nitrogens with one attached hydrogen (secondary N) is 1. The summed E-state index contributed by atoms with van der Waals surface area (Å²) in [7, 11) is 0. The van der Waals surface area contributed by atoms with Crippen molar-refractivity contribution in [1.29, 1.82) is 0 Å². The molecule has 2 unspecified atom stereocenters. The maximum Gasteiger partial charge on any atom is 0.317 e. The van der Waals surface area contributed by atoms with Crippen molar-refractivity contribution in [3.63, 3.8) is 0 Å². The highest BCUT2D eigenvalue weighted by Gasteiger charge is 2.36. The fourth-order valence-corrected chi connectivity index (χ4v) is 3.11. The molecule has 3 heteroatoms. The van der Waals surface area contributed by atoms with Crippen LogP contribution >= 0.6 is 0 Å². The first-order valence-corrected chi connectivity index (χ1v) is 6.24. The van der Waals surface area contributed by atoms with E-state index in [0.717, 1.165) is 13.1 Å². The van der Waals surface area contributed by atoms with Crippen LogP contribution in [0.5, 0.6) is 0 Å². The summed E-state index contributed by atoms with van der Waals surface area (Å²) in [5.74, 6) is 1.41. The Labute approximate surface area is 92.2 Å². The molecule has 2 atom stereocenters. The first-order chi connectivity index (χ1) is 7.20. The number of urea groups is 1. The van der Waals surface area contributed by atoms with Crippen LogP contribution in [-0.2, 0) is 0 Å². The van der Waals surface area contributed by atoms with E-state index in [1.807, 2.05) is 0 Å². The molecular formula is C12H22N2O. The molecule has 15 heavy (non-hydrogen) atoms. The second-order valence-electron chi connectivity index (χ2n) is 5.18. The summed E-state index contributed by atoms with van der Waals surface area (Å²) >= 11 is 0. The largest absolute Gasteiger partial charge is 0.336 e. The molecule has 1 aliphatic carbocycles. The van der Waals surface area contributed by atoms with Crippen LogP contribution in [0.2, 0.25) is 0 Å². The molecule has 0 bridgehead atoms. The minimum Gasteiger partial charge on any atom is -0.336 e. The van der Waals surface area contributed by atoms with Gasteiger partial charge in [0.25, 0.3) is 0 Å². The summed E-state index contributed by atoms with van der Waals surface area (Å²) in [5.41, 5.74) is 0. The molecule has 0 aromatic carbocycles.